The Kier molecular flexibility index (Phi) is 6.37. The maximum absolute atomic E-state index is 14.2. The Hall–Kier alpha value is -2.57. The molecule has 0 unspecified atom stereocenters. The molecule has 0 aliphatic heterocycles. The van der Waals surface area contributed by atoms with Gasteiger partial charge in [-0.05, 0) is 45.9 Å². The number of benzene rings is 1. The van der Waals surface area contributed by atoms with Crippen molar-refractivity contribution >= 4 is 6.09 Å². The monoisotopic (exact) mass is 394 g/mol. The Morgan fingerprint density at radius 2 is 1.79 bits per heavy atom. The van der Waals surface area contributed by atoms with Crippen LogP contribution < -0.4 is 0 Å². The number of ether oxygens (including phenoxy) is 1. The zero-order valence-corrected chi connectivity index (χ0v) is 16.7. The van der Waals surface area contributed by atoms with Gasteiger partial charge in [-0.2, -0.15) is 0 Å². The van der Waals surface area contributed by atoms with E-state index in [1.807, 2.05) is 0 Å². The zero-order chi connectivity index (χ0) is 21.1. The molecule has 1 amide bonds. The molecule has 1 aromatic carbocycles. The van der Waals surface area contributed by atoms with Crippen molar-refractivity contribution in [3.63, 3.8) is 0 Å². The summed E-state index contributed by atoms with van der Waals surface area (Å²) in [5.74, 6) is -3.45. The molecule has 0 saturated carbocycles. The van der Waals surface area contributed by atoms with Crippen LogP contribution in [0.3, 0.4) is 0 Å². The summed E-state index contributed by atoms with van der Waals surface area (Å²) >= 11 is 0. The average Bonchev–Trinajstić information content (AvgIpc) is 2.57. The molecule has 0 aliphatic carbocycles. The molecule has 0 N–H and O–H groups in total. The summed E-state index contributed by atoms with van der Waals surface area (Å²) in [7, 11) is 0. The van der Waals surface area contributed by atoms with E-state index in [0.717, 1.165) is 13.1 Å². The van der Waals surface area contributed by atoms with Crippen LogP contribution in [0.5, 0.6) is 0 Å². The SMILES string of the molecule is C[C@H](c1ccccc1F)N(Cc1ccc(C(C)(F)F)cn1)C(=O)OC(C)(C)C. The van der Waals surface area contributed by atoms with E-state index in [1.165, 1.54) is 23.1 Å². The van der Waals surface area contributed by atoms with Crippen molar-refractivity contribution in [1.29, 1.82) is 0 Å². The van der Waals surface area contributed by atoms with Gasteiger partial charge in [-0.3, -0.25) is 9.88 Å². The highest BCUT2D eigenvalue weighted by atomic mass is 19.3. The summed E-state index contributed by atoms with van der Waals surface area (Å²) < 4.78 is 46.5. The van der Waals surface area contributed by atoms with E-state index in [4.69, 9.17) is 4.74 Å². The molecular weight excluding hydrogens is 369 g/mol. The fourth-order valence-electron chi connectivity index (χ4n) is 2.61. The predicted octanol–water partition coefficient (Wildman–Crippen LogP) is 5.83. The minimum atomic E-state index is -3.00. The van der Waals surface area contributed by atoms with Gasteiger partial charge < -0.3 is 4.74 Å². The van der Waals surface area contributed by atoms with Crippen LogP contribution in [0.2, 0.25) is 0 Å². The van der Waals surface area contributed by atoms with Gasteiger partial charge in [0, 0.05) is 24.2 Å². The molecule has 0 radical (unpaired) electrons. The van der Waals surface area contributed by atoms with E-state index < -0.39 is 29.5 Å². The zero-order valence-electron chi connectivity index (χ0n) is 16.7. The molecule has 0 fully saturated rings. The maximum atomic E-state index is 14.2. The summed E-state index contributed by atoms with van der Waals surface area (Å²) in [6.07, 6.45) is 0.436. The number of rotatable bonds is 5. The van der Waals surface area contributed by atoms with E-state index in [2.05, 4.69) is 4.98 Å². The van der Waals surface area contributed by atoms with Gasteiger partial charge in [0.25, 0.3) is 5.92 Å². The molecule has 0 spiro atoms. The number of halogens is 3. The first kappa shape index (κ1) is 21.7. The van der Waals surface area contributed by atoms with Crippen LogP contribution in [-0.2, 0) is 17.2 Å². The number of amides is 1. The second kappa shape index (κ2) is 8.20. The van der Waals surface area contributed by atoms with Crippen LogP contribution in [0.1, 0.15) is 57.5 Å². The average molecular weight is 394 g/mol. The standard InChI is InChI=1S/C21H25F3N2O2/c1-14(17-8-6-7-9-18(17)22)26(19(27)28-20(2,3)4)13-16-11-10-15(12-25-16)21(5,23)24/h6-12,14H,13H2,1-5H3/t14-/m1/s1. The summed E-state index contributed by atoms with van der Waals surface area (Å²) in [4.78, 5) is 18.1. The van der Waals surface area contributed by atoms with Crippen LogP contribution in [0.15, 0.2) is 42.6 Å². The number of hydrogen-bond acceptors (Lipinski definition) is 3. The first-order valence-electron chi connectivity index (χ1n) is 8.96. The van der Waals surface area contributed by atoms with Crippen molar-refractivity contribution in [2.24, 2.45) is 0 Å². The molecule has 1 aromatic heterocycles. The Morgan fingerprint density at radius 1 is 1.14 bits per heavy atom. The molecule has 152 valence electrons. The Morgan fingerprint density at radius 3 is 2.29 bits per heavy atom. The normalized spacial score (nSPS) is 13.1. The topological polar surface area (TPSA) is 42.4 Å². The fourth-order valence-corrected chi connectivity index (χ4v) is 2.61. The first-order chi connectivity index (χ1) is 12.9. The number of carbonyl (C=O) groups is 1. The summed E-state index contributed by atoms with van der Waals surface area (Å²) in [5, 5.41) is 0. The Labute approximate surface area is 163 Å². The summed E-state index contributed by atoms with van der Waals surface area (Å²) in [5.41, 5.74) is -0.249. The lowest BCUT2D eigenvalue weighted by atomic mass is 10.1. The number of carbonyl (C=O) groups excluding carboxylic acids is 1. The number of nitrogens with zero attached hydrogens (tertiary/aromatic N) is 2. The van der Waals surface area contributed by atoms with Crippen molar-refractivity contribution in [1.82, 2.24) is 9.88 Å². The number of aromatic nitrogens is 1. The molecule has 0 saturated heterocycles. The van der Waals surface area contributed by atoms with E-state index in [0.29, 0.717) is 11.3 Å². The molecule has 1 atom stereocenters. The van der Waals surface area contributed by atoms with Crippen LogP contribution in [0, 0.1) is 5.82 Å². The van der Waals surface area contributed by atoms with E-state index in [-0.39, 0.29) is 12.1 Å². The third-order valence-corrected chi connectivity index (χ3v) is 4.11. The van der Waals surface area contributed by atoms with E-state index >= 15 is 0 Å². The quantitative estimate of drug-likeness (QED) is 0.641. The number of alkyl halides is 2. The van der Waals surface area contributed by atoms with Gasteiger partial charge in [-0.25, -0.2) is 18.0 Å². The smallest absolute Gasteiger partial charge is 0.411 e. The molecule has 28 heavy (non-hydrogen) atoms. The van der Waals surface area contributed by atoms with Crippen LogP contribution >= 0.6 is 0 Å². The lowest BCUT2D eigenvalue weighted by Crippen LogP contribution is -2.38. The second-order valence-electron chi connectivity index (χ2n) is 7.73. The third kappa shape index (κ3) is 5.71. The molecule has 0 aliphatic rings. The highest BCUT2D eigenvalue weighted by molar-refractivity contribution is 5.69. The molecule has 2 rings (SSSR count). The van der Waals surface area contributed by atoms with Crippen molar-refractivity contribution in [3.05, 3.63) is 65.2 Å². The number of hydrogen-bond donors (Lipinski definition) is 0. The van der Waals surface area contributed by atoms with Gasteiger partial charge in [0.2, 0.25) is 0 Å². The van der Waals surface area contributed by atoms with Crippen LogP contribution in [0.4, 0.5) is 18.0 Å². The van der Waals surface area contributed by atoms with Gasteiger partial charge in [-0.15, -0.1) is 0 Å². The van der Waals surface area contributed by atoms with Crippen molar-refractivity contribution in [3.8, 4) is 0 Å². The van der Waals surface area contributed by atoms with Gasteiger partial charge >= 0.3 is 6.09 Å². The van der Waals surface area contributed by atoms with Crippen molar-refractivity contribution in [2.75, 3.05) is 0 Å². The minimum Gasteiger partial charge on any atom is -0.444 e. The number of pyridine rings is 1. The maximum Gasteiger partial charge on any atom is 0.411 e. The predicted molar refractivity (Wildman–Crippen MR) is 100 cm³/mol. The molecule has 7 heteroatoms. The summed E-state index contributed by atoms with van der Waals surface area (Å²) in [6, 6.07) is 8.19. The van der Waals surface area contributed by atoms with Gasteiger partial charge in [0.15, 0.2) is 0 Å². The Bertz CT molecular complexity index is 812. The third-order valence-electron chi connectivity index (χ3n) is 4.11. The molecule has 2 aromatic rings. The summed E-state index contributed by atoms with van der Waals surface area (Å²) in [6.45, 7) is 7.64. The highest BCUT2D eigenvalue weighted by Gasteiger charge is 2.29. The van der Waals surface area contributed by atoms with Gasteiger partial charge in [0.1, 0.15) is 11.4 Å². The van der Waals surface area contributed by atoms with Crippen LogP contribution in [-0.4, -0.2) is 21.6 Å². The highest BCUT2D eigenvalue weighted by Crippen LogP contribution is 2.28. The van der Waals surface area contributed by atoms with Gasteiger partial charge in [0.05, 0.1) is 18.3 Å². The largest absolute Gasteiger partial charge is 0.444 e. The lowest BCUT2D eigenvalue weighted by Gasteiger charge is -2.32. The molecule has 1 heterocycles. The molecule has 0 bridgehead atoms. The van der Waals surface area contributed by atoms with E-state index in [9.17, 15) is 18.0 Å². The van der Waals surface area contributed by atoms with Crippen LogP contribution in [0.25, 0.3) is 0 Å². The minimum absolute atomic E-state index is 0.0139. The fraction of sp³-hybridized carbons (Fsp3) is 0.429. The Balaban J connectivity index is 2.33. The van der Waals surface area contributed by atoms with Crippen molar-refractivity contribution < 1.29 is 22.7 Å². The van der Waals surface area contributed by atoms with E-state index in [1.54, 1.807) is 45.9 Å². The van der Waals surface area contributed by atoms with Gasteiger partial charge in [-0.1, -0.05) is 18.2 Å². The molecule has 4 nitrogen and oxygen atoms in total. The van der Waals surface area contributed by atoms with Crippen molar-refractivity contribution in [2.45, 2.75) is 58.7 Å². The first-order valence-corrected chi connectivity index (χ1v) is 8.96. The lowest BCUT2D eigenvalue weighted by molar-refractivity contribution is 0.0135. The second-order valence-corrected chi connectivity index (χ2v) is 7.73. The molecular formula is C21H25F3N2O2.